The Morgan fingerprint density at radius 1 is 1.16 bits per heavy atom. The molecule has 0 bridgehead atoms. The lowest BCUT2D eigenvalue weighted by molar-refractivity contribution is 0.346. The van der Waals surface area contributed by atoms with Crippen LogP contribution in [0.25, 0.3) is 0 Å². The van der Waals surface area contributed by atoms with E-state index in [1.54, 1.807) is 23.5 Å². The molecule has 5 nitrogen and oxygen atoms in total. The number of anilines is 1. The number of benzene rings is 1. The van der Waals surface area contributed by atoms with Gasteiger partial charge < -0.3 is 5.73 Å². The van der Waals surface area contributed by atoms with Gasteiger partial charge in [0.05, 0.1) is 5.69 Å². The zero-order chi connectivity index (χ0) is 13.9. The average molecular weight is 283 g/mol. The second-order valence-corrected chi connectivity index (χ2v) is 6.77. The number of nitrogens with zero attached hydrogens (tertiary/aromatic N) is 2. The molecule has 0 amide bonds. The molecular formula is C13H21N3O2S. The summed E-state index contributed by atoms with van der Waals surface area (Å²) in [6.07, 6.45) is 3.00. The van der Waals surface area contributed by atoms with Crippen LogP contribution in [0.15, 0.2) is 24.3 Å². The van der Waals surface area contributed by atoms with Gasteiger partial charge >= 0.3 is 10.2 Å². The minimum Gasteiger partial charge on any atom is -0.326 e. The lowest BCUT2D eigenvalue weighted by Crippen LogP contribution is -2.44. The van der Waals surface area contributed by atoms with Crippen molar-refractivity contribution < 1.29 is 8.42 Å². The van der Waals surface area contributed by atoms with E-state index in [1.165, 1.54) is 4.31 Å². The molecule has 19 heavy (non-hydrogen) atoms. The fraction of sp³-hybridized carbons (Fsp3) is 0.538. The van der Waals surface area contributed by atoms with Crippen LogP contribution in [0, 0.1) is 0 Å². The third-order valence-electron chi connectivity index (χ3n) is 3.52. The topological polar surface area (TPSA) is 66.6 Å². The van der Waals surface area contributed by atoms with Gasteiger partial charge in [0.2, 0.25) is 0 Å². The molecule has 6 heteroatoms. The van der Waals surface area contributed by atoms with Crippen molar-refractivity contribution in [1.82, 2.24) is 4.31 Å². The van der Waals surface area contributed by atoms with Crippen molar-refractivity contribution in [2.24, 2.45) is 5.73 Å². The lowest BCUT2D eigenvalue weighted by atomic mass is 10.2. The van der Waals surface area contributed by atoms with E-state index in [4.69, 9.17) is 5.73 Å². The molecule has 0 saturated carbocycles. The number of piperidine rings is 1. The zero-order valence-electron chi connectivity index (χ0n) is 11.2. The normalized spacial score (nSPS) is 17.4. The van der Waals surface area contributed by atoms with Gasteiger partial charge in [0, 0.05) is 26.7 Å². The summed E-state index contributed by atoms with van der Waals surface area (Å²) in [4.78, 5) is 0. The largest absolute Gasteiger partial charge is 0.326 e. The van der Waals surface area contributed by atoms with Gasteiger partial charge in [-0.3, -0.25) is 4.31 Å². The molecule has 0 radical (unpaired) electrons. The quantitative estimate of drug-likeness (QED) is 0.906. The van der Waals surface area contributed by atoms with Gasteiger partial charge in [-0.15, -0.1) is 0 Å². The second kappa shape index (κ2) is 5.90. The Labute approximate surface area is 115 Å². The van der Waals surface area contributed by atoms with Crippen molar-refractivity contribution in [3.05, 3.63) is 29.8 Å². The smallest absolute Gasteiger partial charge is 0.303 e. The van der Waals surface area contributed by atoms with Gasteiger partial charge in [-0.05, 0) is 30.5 Å². The minimum absolute atomic E-state index is 0.461. The van der Waals surface area contributed by atoms with E-state index >= 15 is 0 Å². The zero-order valence-corrected chi connectivity index (χ0v) is 12.1. The molecule has 1 aromatic carbocycles. The van der Waals surface area contributed by atoms with E-state index < -0.39 is 10.2 Å². The van der Waals surface area contributed by atoms with Gasteiger partial charge in [-0.2, -0.15) is 12.7 Å². The SMILES string of the molecule is CN(c1ccc(CN)cc1)S(=O)(=O)N1CCCCC1. The van der Waals surface area contributed by atoms with Crippen LogP contribution >= 0.6 is 0 Å². The highest BCUT2D eigenvalue weighted by Crippen LogP contribution is 2.21. The summed E-state index contributed by atoms with van der Waals surface area (Å²) in [6, 6.07) is 7.31. The fourth-order valence-electron chi connectivity index (χ4n) is 2.24. The standard InChI is InChI=1S/C13H21N3O2S/c1-15(13-7-5-12(11-14)6-8-13)19(17,18)16-9-3-2-4-10-16/h5-8H,2-4,9-11,14H2,1H3. The van der Waals surface area contributed by atoms with E-state index in [2.05, 4.69) is 0 Å². The molecule has 1 aliphatic rings. The maximum Gasteiger partial charge on any atom is 0.303 e. The van der Waals surface area contributed by atoms with Crippen molar-refractivity contribution in [3.8, 4) is 0 Å². The summed E-state index contributed by atoms with van der Waals surface area (Å²) in [5.41, 5.74) is 7.20. The summed E-state index contributed by atoms with van der Waals surface area (Å²) in [7, 11) is -1.80. The van der Waals surface area contributed by atoms with Crippen LogP contribution in [0.4, 0.5) is 5.69 Å². The molecule has 106 valence electrons. The minimum atomic E-state index is -3.40. The molecule has 1 heterocycles. The van der Waals surface area contributed by atoms with Crippen molar-refractivity contribution in [1.29, 1.82) is 0 Å². The van der Waals surface area contributed by atoms with Crippen molar-refractivity contribution in [2.75, 3.05) is 24.4 Å². The van der Waals surface area contributed by atoms with Gasteiger partial charge in [-0.25, -0.2) is 0 Å². The fourth-order valence-corrected chi connectivity index (χ4v) is 3.70. The van der Waals surface area contributed by atoms with Crippen molar-refractivity contribution in [3.63, 3.8) is 0 Å². The third kappa shape index (κ3) is 3.08. The van der Waals surface area contributed by atoms with Crippen molar-refractivity contribution >= 4 is 15.9 Å². The highest BCUT2D eigenvalue weighted by atomic mass is 32.2. The molecule has 2 rings (SSSR count). The first-order valence-electron chi connectivity index (χ1n) is 6.58. The molecule has 0 unspecified atom stereocenters. The Balaban J connectivity index is 2.18. The van der Waals surface area contributed by atoms with E-state index in [1.807, 2.05) is 12.1 Å². The van der Waals surface area contributed by atoms with Crippen LogP contribution in [0.2, 0.25) is 0 Å². The first kappa shape index (κ1) is 14.3. The summed E-state index contributed by atoms with van der Waals surface area (Å²) in [6.45, 7) is 1.70. The molecule has 2 N–H and O–H groups in total. The number of nitrogens with two attached hydrogens (primary N) is 1. The molecule has 1 aromatic rings. The number of hydrogen-bond acceptors (Lipinski definition) is 3. The molecule has 0 aromatic heterocycles. The molecule has 0 spiro atoms. The van der Waals surface area contributed by atoms with Gasteiger partial charge in [0.15, 0.2) is 0 Å². The first-order chi connectivity index (χ1) is 9.05. The van der Waals surface area contributed by atoms with E-state index in [0.29, 0.717) is 25.3 Å². The first-order valence-corrected chi connectivity index (χ1v) is 7.98. The van der Waals surface area contributed by atoms with Crippen LogP contribution in [-0.2, 0) is 16.8 Å². The summed E-state index contributed by atoms with van der Waals surface area (Å²) >= 11 is 0. The van der Waals surface area contributed by atoms with E-state index in [0.717, 1.165) is 24.8 Å². The second-order valence-electron chi connectivity index (χ2n) is 4.81. The summed E-state index contributed by atoms with van der Waals surface area (Å²) in [5.74, 6) is 0. The Kier molecular flexibility index (Phi) is 4.44. The molecule has 1 fully saturated rings. The van der Waals surface area contributed by atoms with Crippen LogP contribution in [0.5, 0.6) is 0 Å². The predicted octanol–water partition coefficient (Wildman–Crippen LogP) is 1.31. The molecule has 0 atom stereocenters. The third-order valence-corrected chi connectivity index (χ3v) is 5.44. The Morgan fingerprint density at radius 2 is 1.74 bits per heavy atom. The maximum atomic E-state index is 12.5. The average Bonchev–Trinajstić information content (AvgIpc) is 2.47. The van der Waals surface area contributed by atoms with Gasteiger partial charge in [0.25, 0.3) is 0 Å². The summed E-state index contributed by atoms with van der Waals surface area (Å²) in [5, 5.41) is 0. The van der Waals surface area contributed by atoms with Crippen LogP contribution in [0.3, 0.4) is 0 Å². The highest BCUT2D eigenvalue weighted by Gasteiger charge is 2.28. The van der Waals surface area contributed by atoms with Gasteiger partial charge in [-0.1, -0.05) is 18.6 Å². The van der Waals surface area contributed by atoms with Crippen LogP contribution < -0.4 is 10.0 Å². The monoisotopic (exact) mass is 283 g/mol. The molecular weight excluding hydrogens is 262 g/mol. The predicted molar refractivity (Wildman–Crippen MR) is 77.1 cm³/mol. The highest BCUT2D eigenvalue weighted by molar-refractivity contribution is 7.90. The Hall–Kier alpha value is -1.11. The Morgan fingerprint density at radius 3 is 2.26 bits per heavy atom. The van der Waals surface area contributed by atoms with E-state index in [9.17, 15) is 8.42 Å². The number of hydrogen-bond donors (Lipinski definition) is 1. The molecule has 1 saturated heterocycles. The molecule has 0 aliphatic carbocycles. The lowest BCUT2D eigenvalue weighted by Gasteiger charge is -2.31. The van der Waals surface area contributed by atoms with Crippen LogP contribution in [0.1, 0.15) is 24.8 Å². The summed E-state index contributed by atoms with van der Waals surface area (Å²) < 4.78 is 27.8. The Bertz CT molecular complexity index is 507. The molecule has 1 aliphatic heterocycles. The maximum absolute atomic E-state index is 12.5. The van der Waals surface area contributed by atoms with Crippen LogP contribution in [-0.4, -0.2) is 32.9 Å². The number of rotatable bonds is 4. The van der Waals surface area contributed by atoms with Crippen molar-refractivity contribution in [2.45, 2.75) is 25.8 Å². The van der Waals surface area contributed by atoms with E-state index in [-0.39, 0.29) is 0 Å². The van der Waals surface area contributed by atoms with Gasteiger partial charge in [0.1, 0.15) is 0 Å².